The molecular formula is C18H13N3. The van der Waals surface area contributed by atoms with Gasteiger partial charge >= 0.3 is 0 Å². The van der Waals surface area contributed by atoms with Gasteiger partial charge in [-0.1, -0.05) is 60.7 Å². The number of rotatable bonds is 2. The van der Waals surface area contributed by atoms with Crippen LogP contribution in [0, 0.1) is 0 Å². The molecule has 0 bridgehead atoms. The van der Waals surface area contributed by atoms with Crippen LogP contribution in [0.1, 0.15) is 11.1 Å². The number of hydrazone groups is 1. The predicted octanol–water partition coefficient (Wildman–Crippen LogP) is 3.86. The van der Waals surface area contributed by atoms with Crippen LogP contribution in [0.3, 0.4) is 0 Å². The Morgan fingerprint density at radius 1 is 0.857 bits per heavy atom. The van der Waals surface area contributed by atoms with Gasteiger partial charge in [0.2, 0.25) is 0 Å². The maximum Gasteiger partial charge on any atom is 0.154 e. The standard InChI is InChI=1S/C18H13N3/c1-2-6-13(7-3-1)12-19-21-18-15-10-4-8-14-9-5-11-16(20-18)17(14)15/h1-12H,(H,20,21). The summed E-state index contributed by atoms with van der Waals surface area (Å²) in [6.45, 7) is 0. The first-order valence-electron chi connectivity index (χ1n) is 6.87. The molecule has 3 nitrogen and oxygen atoms in total. The minimum absolute atomic E-state index is 0.800. The molecule has 0 spiro atoms. The summed E-state index contributed by atoms with van der Waals surface area (Å²) in [5.74, 6) is 0.800. The van der Waals surface area contributed by atoms with Crippen LogP contribution in [0.15, 0.2) is 76.8 Å². The number of nitrogens with zero attached hydrogens (tertiary/aromatic N) is 2. The molecule has 0 aromatic heterocycles. The first-order valence-corrected chi connectivity index (χ1v) is 6.87. The molecule has 21 heavy (non-hydrogen) atoms. The molecule has 3 aromatic rings. The molecule has 1 N–H and O–H groups in total. The summed E-state index contributed by atoms with van der Waals surface area (Å²) in [6, 6.07) is 22.4. The van der Waals surface area contributed by atoms with Crippen LogP contribution in [0.4, 0.5) is 5.69 Å². The second-order valence-electron chi connectivity index (χ2n) is 4.92. The molecule has 0 saturated carbocycles. The first kappa shape index (κ1) is 11.9. The minimum Gasteiger partial charge on any atom is -0.261 e. The van der Waals surface area contributed by atoms with Gasteiger partial charge < -0.3 is 0 Å². The summed E-state index contributed by atoms with van der Waals surface area (Å²) in [5, 5.41) is 6.69. The van der Waals surface area contributed by atoms with Crippen molar-refractivity contribution in [2.45, 2.75) is 0 Å². The van der Waals surface area contributed by atoms with Gasteiger partial charge in [-0.2, -0.15) is 5.10 Å². The predicted molar refractivity (Wildman–Crippen MR) is 87.3 cm³/mol. The van der Waals surface area contributed by atoms with Crippen molar-refractivity contribution in [2.75, 3.05) is 0 Å². The topological polar surface area (TPSA) is 36.8 Å². The number of benzene rings is 3. The Kier molecular flexibility index (Phi) is 2.75. The molecule has 1 aliphatic heterocycles. The van der Waals surface area contributed by atoms with Crippen molar-refractivity contribution in [1.82, 2.24) is 5.43 Å². The summed E-state index contributed by atoms with van der Waals surface area (Å²) >= 11 is 0. The third kappa shape index (κ3) is 2.09. The van der Waals surface area contributed by atoms with E-state index < -0.39 is 0 Å². The van der Waals surface area contributed by atoms with Crippen molar-refractivity contribution >= 4 is 28.5 Å². The molecule has 3 heteroatoms. The highest BCUT2D eigenvalue weighted by Crippen LogP contribution is 2.34. The van der Waals surface area contributed by atoms with Crippen LogP contribution < -0.4 is 5.43 Å². The molecule has 3 aromatic carbocycles. The summed E-state index contributed by atoms with van der Waals surface area (Å²) in [4.78, 5) is 4.62. The molecule has 0 fully saturated rings. The molecule has 0 unspecified atom stereocenters. The number of nitrogens with one attached hydrogen (secondary N) is 1. The molecule has 0 radical (unpaired) electrons. The van der Waals surface area contributed by atoms with E-state index in [-0.39, 0.29) is 0 Å². The lowest BCUT2D eigenvalue weighted by Gasteiger charge is -2.02. The third-order valence-electron chi connectivity index (χ3n) is 3.55. The molecule has 0 aliphatic carbocycles. The molecule has 0 saturated heterocycles. The molecular weight excluding hydrogens is 258 g/mol. The SMILES string of the molecule is C(=NNC1=Nc2cccc3cccc1c23)c1ccccc1. The van der Waals surface area contributed by atoms with E-state index in [9.17, 15) is 0 Å². The lowest BCUT2D eigenvalue weighted by atomic mass is 10.0. The number of hydrogen-bond acceptors (Lipinski definition) is 3. The van der Waals surface area contributed by atoms with Gasteiger partial charge in [-0.05, 0) is 17.0 Å². The quantitative estimate of drug-likeness (QED) is 0.557. The van der Waals surface area contributed by atoms with Gasteiger partial charge in [-0.3, -0.25) is 5.43 Å². The summed E-state index contributed by atoms with van der Waals surface area (Å²) in [7, 11) is 0. The van der Waals surface area contributed by atoms with E-state index in [4.69, 9.17) is 0 Å². The van der Waals surface area contributed by atoms with Crippen LogP contribution in [0.5, 0.6) is 0 Å². The fourth-order valence-electron chi connectivity index (χ4n) is 2.58. The first-order chi connectivity index (χ1) is 10.4. The summed E-state index contributed by atoms with van der Waals surface area (Å²) < 4.78 is 0. The molecule has 100 valence electrons. The largest absolute Gasteiger partial charge is 0.261 e. The van der Waals surface area contributed by atoms with Crippen molar-refractivity contribution in [3.63, 3.8) is 0 Å². The van der Waals surface area contributed by atoms with Crippen LogP contribution in [0.25, 0.3) is 10.8 Å². The molecule has 0 atom stereocenters. The van der Waals surface area contributed by atoms with Crippen LogP contribution in [0.2, 0.25) is 0 Å². The second-order valence-corrected chi connectivity index (χ2v) is 4.92. The lowest BCUT2D eigenvalue weighted by Crippen LogP contribution is -2.17. The van der Waals surface area contributed by atoms with Gasteiger partial charge in [0.15, 0.2) is 5.84 Å². The molecule has 1 aliphatic rings. The Labute approximate surface area is 122 Å². The smallest absolute Gasteiger partial charge is 0.154 e. The van der Waals surface area contributed by atoms with Crippen molar-refractivity contribution in [1.29, 1.82) is 0 Å². The van der Waals surface area contributed by atoms with Crippen LogP contribution >= 0.6 is 0 Å². The number of amidine groups is 1. The normalized spacial score (nSPS) is 12.9. The second kappa shape index (κ2) is 4.87. The van der Waals surface area contributed by atoms with E-state index in [1.807, 2.05) is 48.5 Å². The molecule has 4 rings (SSSR count). The fourth-order valence-corrected chi connectivity index (χ4v) is 2.58. The van der Waals surface area contributed by atoms with E-state index in [2.05, 4.69) is 33.7 Å². The fraction of sp³-hybridized carbons (Fsp3) is 0. The average Bonchev–Trinajstić information content (AvgIpc) is 2.89. The van der Waals surface area contributed by atoms with Gasteiger partial charge in [0.25, 0.3) is 0 Å². The Balaban J connectivity index is 1.64. The minimum atomic E-state index is 0.800. The van der Waals surface area contributed by atoms with E-state index >= 15 is 0 Å². The van der Waals surface area contributed by atoms with Gasteiger partial charge in [-0.15, -0.1) is 0 Å². The van der Waals surface area contributed by atoms with Crippen molar-refractivity contribution in [2.24, 2.45) is 10.1 Å². The molecule has 0 amide bonds. The van der Waals surface area contributed by atoms with Gasteiger partial charge in [0, 0.05) is 10.9 Å². The average molecular weight is 271 g/mol. The Hall–Kier alpha value is -2.94. The zero-order chi connectivity index (χ0) is 14.1. The lowest BCUT2D eigenvalue weighted by molar-refractivity contribution is 1.04. The zero-order valence-corrected chi connectivity index (χ0v) is 11.3. The van der Waals surface area contributed by atoms with Crippen molar-refractivity contribution in [3.05, 3.63) is 77.9 Å². The van der Waals surface area contributed by atoms with Gasteiger partial charge in [0.1, 0.15) is 0 Å². The maximum atomic E-state index is 4.62. The van der Waals surface area contributed by atoms with E-state index in [1.54, 1.807) is 6.21 Å². The van der Waals surface area contributed by atoms with Crippen molar-refractivity contribution in [3.8, 4) is 0 Å². The van der Waals surface area contributed by atoms with Gasteiger partial charge in [-0.25, -0.2) is 4.99 Å². The number of aliphatic imine (C=N–C) groups is 1. The van der Waals surface area contributed by atoms with E-state index in [1.165, 1.54) is 10.8 Å². The van der Waals surface area contributed by atoms with E-state index in [0.717, 1.165) is 22.6 Å². The van der Waals surface area contributed by atoms with Gasteiger partial charge in [0.05, 0.1) is 11.9 Å². The maximum absolute atomic E-state index is 4.62. The highest BCUT2D eigenvalue weighted by molar-refractivity contribution is 6.18. The zero-order valence-electron chi connectivity index (χ0n) is 11.3. The highest BCUT2D eigenvalue weighted by atomic mass is 15.3. The summed E-state index contributed by atoms with van der Waals surface area (Å²) in [5.41, 5.74) is 6.22. The Morgan fingerprint density at radius 3 is 2.52 bits per heavy atom. The summed E-state index contributed by atoms with van der Waals surface area (Å²) in [6.07, 6.45) is 1.80. The van der Waals surface area contributed by atoms with Crippen LogP contribution in [-0.4, -0.2) is 12.1 Å². The Bertz CT molecular complexity index is 859. The highest BCUT2D eigenvalue weighted by Gasteiger charge is 2.17. The van der Waals surface area contributed by atoms with Crippen molar-refractivity contribution < 1.29 is 0 Å². The monoisotopic (exact) mass is 271 g/mol. The van der Waals surface area contributed by atoms with E-state index in [0.29, 0.717) is 0 Å². The third-order valence-corrected chi connectivity index (χ3v) is 3.55. The Morgan fingerprint density at radius 2 is 1.67 bits per heavy atom. The number of hydrogen-bond donors (Lipinski definition) is 1. The molecule has 1 heterocycles. The van der Waals surface area contributed by atoms with Crippen LogP contribution in [-0.2, 0) is 0 Å².